The van der Waals surface area contributed by atoms with Gasteiger partial charge in [-0.25, -0.2) is 4.98 Å². The topological polar surface area (TPSA) is 33.2 Å². The Morgan fingerprint density at radius 2 is 1.55 bits per heavy atom. The number of aromatic nitrogens is 1. The number of anilines is 1. The summed E-state index contributed by atoms with van der Waals surface area (Å²) in [6.45, 7) is 0.526. The summed E-state index contributed by atoms with van der Waals surface area (Å²) in [6, 6.07) is 27.4. The summed E-state index contributed by atoms with van der Waals surface area (Å²) in [6.07, 6.45) is 0.256. The Morgan fingerprint density at radius 1 is 0.897 bits per heavy atom. The third kappa shape index (κ3) is 4.91. The summed E-state index contributed by atoms with van der Waals surface area (Å²) in [7, 11) is 0. The van der Waals surface area contributed by atoms with Crippen LogP contribution in [0.1, 0.15) is 11.3 Å². The van der Waals surface area contributed by atoms with Gasteiger partial charge < -0.3 is 4.90 Å². The lowest BCUT2D eigenvalue weighted by Crippen LogP contribution is -2.31. The molecule has 0 aliphatic carbocycles. The van der Waals surface area contributed by atoms with E-state index in [0.717, 1.165) is 27.5 Å². The van der Waals surface area contributed by atoms with E-state index in [1.807, 2.05) is 95.2 Å². The maximum Gasteiger partial charge on any atom is 0.233 e. The van der Waals surface area contributed by atoms with Gasteiger partial charge in [-0.1, -0.05) is 72.3 Å². The zero-order valence-electron chi connectivity index (χ0n) is 15.7. The number of benzene rings is 3. The summed E-state index contributed by atoms with van der Waals surface area (Å²) in [4.78, 5) is 19.7. The number of carbonyl (C=O) groups is 1. The number of thiazole rings is 1. The molecule has 4 rings (SSSR count). The smallest absolute Gasteiger partial charge is 0.233 e. The van der Waals surface area contributed by atoms with Crippen LogP contribution < -0.4 is 4.90 Å². The lowest BCUT2D eigenvalue weighted by molar-refractivity contribution is -0.118. The van der Waals surface area contributed by atoms with Crippen LogP contribution in [0.25, 0.3) is 10.6 Å². The molecule has 0 saturated heterocycles. The number of halogens is 1. The van der Waals surface area contributed by atoms with E-state index in [9.17, 15) is 4.79 Å². The van der Waals surface area contributed by atoms with Gasteiger partial charge in [0.25, 0.3) is 0 Å². The molecular formula is C24H19ClN2OS. The number of nitrogens with zero attached hydrogens (tertiary/aromatic N) is 2. The molecule has 0 aliphatic heterocycles. The molecule has 0 unspecified atom stereocenters. The third-order valence-electron chi connectivity index (χ3n) is 4.53. The van der Waals surface area contributed by atoms with Gasteiger partial charge in [-0.3, -0.25) is 4.79 Å². The number of hydrogen-bond donors (Lipinski definition) is 0. The molecule has 5 heteroatoms. The van der Waals surface area contributed by atoms with Gasteiger partial charge in [0.05, 0.1) is 18.7 Å². The summed E-state index contributed by atoms with van der Waals surface area (Å²) >= 11 is 7.50. The fraction of sp³-hybridized carbons (Fsp3) is 0.0833. The molecule has 0 saturated carbocycles. The first-order valence-corrected chi connectivity index (χ1v) is 10.5. The van der Waals surface area contributed by atoms with Crippen molar-refractivity contribution in [2.45, 2.75) is 13.0 Å². The van der Waals surface area contributed by atoms with Crippen LogP contribution in [0.3, 0.4) is 0 Å². The number of carbonyl (C=O) groups excluding carboxylic acids is 1. The minimum atomic E-state index is 0.0213. The highest BCUT2D eigenvalue weighted by Crippen LogP contribution is 2.26. The van der Waals surface area contributed by atoms with Crippen LogP contribution in [0.4, 0.5) is 5.69 Å². The average molecular weight is 419 g/mol. The Hall–Kier alpha value is -2.95. The van der Waals surface area contributed by atoms with Gasteiger partial charge in [0.15, 0.2) is 0 Å². The molecule has 3 aromatic carbocycles. The van der Waals surface area contributed by atoms with Gasteiger partial charge in [0, 0.05) is 21.7 Å². The zero-order chi connectivity index (χ0) is 20.1. The molecule has 1 amide bonds. The fourth-order valence-electron chi connectivity index (χ4n) is 3.06. The summed E-state index contributed by atoms with van der Waals surface area (Å²) in [5.74, 6) is 0.0213. The van der Waals surface area contributed by atoms with Crippen molar-refractivity contribution >= 4 is 34.5 Å². The van der Waals surface area contributed by atoms with Crippen molar-refractivity contribution in [1.82, 2.24) is 4.98 Å². The Labute approximate surface area is 179 Å². The molecule has 0 aliphatic rings. The molecule has 0 bridgehead atoms. The van der Waals surface area contributed by atoms with E-state index in [-0.39, 0.29) is 12.3 Å². The second kappa shape index (κ2) is 9.03. The summed E-state index contributed by atoms with van der Waals surface area (Å²) in [5, 5.41) is 3.53. The molecule has 1 aromatic heterocycles. The van der Waals surface area contributed by atoms with Crippen molar-refractivity contribution in [2.75, 3.05) is 4.90 Å². The van der Waals surface area contributed by atoms with E-state index in [1.54, 1.807) is 0 Å². The van der Waals surface area contributed by atoms with Gasteiger partial charge in [0.2, 0.25) is 5.91 Å². The second-order valence-electron chi connectivity index (χ2n) is 6.63. The van der Waals surface area contributed by atoms with Crippen molar-refractivity contribution < 1.29 is 4.79 Å². The van der Waals surface area contributed by atoms with E-state index >= 15 is 0 Å². The van der Waals surface area contributed by atoms with Crippen molar-refractivity contribution in [3.8, 4) is 10.6 Å². The monoisotopic (exact) mass is 418 g/mol. The predicted molar refractivity (Wildman–Crippen MR) is 120 cm³/mol. The minimum absolute atomic E-state index is 0.0213. The Bertz CT molecular complexity index is 1080. The Morgan fingerprint density at radius 3 is 2.24 bits per heavy atom. The van der Waals surface area contributed by atoms with Crippen LogP contribution in [-0.4, -0.2) is 10.9 Å². The van der Waals surface area contributed by atoms with E-state index < -0.39 is 0 Å². The van der Waals surface area contributed by atoms with Gasteiger partial charge in [-0.15, -0.1) is 11.3 Å². The number of para-hydroxylation sites is 1. The number of amides is 1. The highest BCUT2D eigenvalue weighted by atomic mass is 35.5. The molecule has 4 aromatic rings. The van der Waals surface area contributed by atoms with Gasteiger partial charge in [0.1, 0.15) is 5.01 Å². The highest BCUT2D eigenvalue weighted by molar-refractivity contribution is 7.13. The molecule has 0 fully saturated rings. The average Bonchev–Trinajstić information content (AvgIpc) is 3.22. The quantitative estimate of drug-likeness (QED) is 0.371. The molecule has 0 N–H and O–H groups in total. The predicted octanol–water partition coefficient (Wildman–Crippen LogP) is 6.24. The van der Waals surface area contributed by atoms with Crippen LogP contribution in [0.2, 0.25) is 5.02 Å². The van der Waals surface area contributed by atoms with Crippen molar-refractivity contribution in [1.29, 1.82) is 0 Å². The fourth-order valence-corrected chi connectivity index (χ4v) is 4.01. The van der Waals surface area contributed by atoms with Gasteiger partial charge >= 0.3 is 0 Å². The zero-order valence-corrected chi connectivity index (χ0v) is 17.2. The SMILES string of the molecule is O=C(Cc1csc(-c2ccc(Cl)cc2)n1)N(Cc1ccccc1)c1ccccc1. The van der Waals surface area contributed by atoms with Crippen LogP contribution in [0, 0.1) is 0 Å². The molecule has 144 valence electrons. The van der Waals surface area contributed by atoms with Crippen LogP contribution >= 0.6 is 22.9 Å². The largest absolute Gasteiger partial charge is 0.308 e. The third-order valence-corrected chi connectivity index (χ3v) is 5.72. The van der Waals surface area contributed by atoms with Crippen LogP contribution in [-0.2, 0) is 17.8 Å². The van der Waals surface area contributed by atoms with Crippen LogP contribution in [0.15, 0.2) is 90.3 Å². The first-order chi connectivity index (χ1) is 14.2. The van der Waals surface area contributed by atoms with Crippen molar-refractivity contribution in [3.63, 3.8) is 0 Å². The second-order valence-corrected chi connectivity index (χ2v) is 7.92. The minimum Gasteiger partial charge on any atom is -0.308 e. The molecule has 1 heterocycles. The van der Waals surface area contributed by atoms with E-state index in [0.29, 0.717) is 11.6 Å². The highest BCUT2D eigenvalue weighted by Gasteiger charge is 2.18. The Balaban J connectivity index is 1.54. The van der Waals surface area contributed by atoms with E-state index in [2.05, 4.69) is 4.98 Å². The first-order valence-electron chi connectivity index (χ1n) is 9.29. The lowest BCUT2D eigenvalue weighted by atomic mass is 10.1. The maximum atomic E-state index is 13.2. The van der Waals surface area contributed by atoms with Gasteiger partial charge in [-0.05, 0) is 29.8 Å². The van der Waals surface area contributed by atoms with Crippen molar-refractivity contribution in [3.05, 3.63) is 107 Å². The standard InChI is InChI=1S/C24H19ClN2OS/c25-20-13-11-19(12-14-20)24-26-21(17-29-24)15-23(28)27(22-9-5-2-6-10-22)16-18-7-3-1-4-8-18/h1-14,17H,15-16H2. The van der Waals surface area contributed by atoms with E-state index in [4.69, 9.17) is 11.6 Å². The summed E-state index contributed by atoms with van der Waals surface area (Å²) < 4.78 is 0. The molecule has 0 spiro atoms. The number of hydrogen-bond acceptors (Lipinski definition) is 3. The van der Waals surface area contributed by atoms with Crippen LogP contribution in [0.5, 0.6) is 0 Å². The molecular weight excluding hydrogens is 400 g/mol. The Kier molecular flexibility index (Phi) is 6.03. The number of rotatable bonds is 6. The summed E-state index contributed by atoms with van der Waals surface area (Å²) in [5.41, 5.74) is 3.75. The molecule has 0 atom stereocenters. The first kappa shape index (κ1) is 19.4. The van der Waals surface area contributed by atoms with Gasteiger partial charge in [-0.2, -0.15) is 0 Å². The lowest BCUT2D eigenvalue weighted by Gasteiger charge is -2.23. The molecule has 0 radical (unpaired) electrons. The van der Waals surface area contributed by atoms with E-state index in [1.165, 1.54) is 11.3 Å². The normalized spacial score (nSPS) is 10.7. The molecule has 29 heavy (non-hydrogen) atoms. The molecule has 3 nitrogen and oxygen atoms in total. The van der Waals surface area contributed by atoms with Crippen molar-refractivity contribution in [2.24, 2.45) is 0 Å². The maximum absolute atomic E-state index is 13.2.